The zero-order valence-corrected chi connectivity index (χ0v) is 11.1. The highest BCUT2D eigenvalue weighted by atomic mass is 35.5. The molecule has 2 rings (SSSR count). The van der Waals surface area contributed by atoms with Crippen molar-refractivity contribution in [2.24, 2.45) is 5.92 Å². The lowest BCUT2D eigenvalue weighted by Crippen LogP contribution is -2.30. The lowest BCUT2D eigenvalue weighted by atomic mass is 10.1. The molecule has 1 fully saturated rings. The van der Waals surface area contributed by atoms with Gasteiger partial charge in [-0.2, -0.15) is 0 Å². The van der Waals surface area contributed by atoms with Gasteiger partial charge in [0.15, 0.2) is 0 Å². The number of hydrogen-bond donors (Lipinski definition) is 3. The number of aliphatic hydroxyl groups is 2. The number of halogens is 1. The summed E-state index contributed by atoms with van der Waals surface area (Å²) in [4.78, 5) is 0. The molecule has 0 aliphatic heterocycles. The molecular weight excluding hydrogens is 250 g/mol. The van der Waals surface area contributed by atoms with Crippen LogP contribution < -0.4 is 5.32 Å². The Morgan fingerprint density at radius 3 is 2.61 bits per heavy atom. The minimum absolute atomic E-state index is 0.176. The monoisotopic (exact) mass is 269 g/mol. The van der Waals surface area contributed by atoms with Crippen molar-refractivity contribution in [2.75, 3.05) is 13.1 Å². The van der Waals surface area contributed by atoms with E-state index < -0.39 is 6.10 Å². The van der Waals surface area contributed by atoms with Gasteiger partial charge in [-0.15, -0.1) is 0 Å². The number of benzene rings is 1. The van der Waals surface area contributed by atoms with Gasteiger partial charge in [-0.3, -0.25) is 0 Å². The van der Waals surface area contributed by atoms with E-state index in [9.17, 15) is 10.2 Å². The summed E-state index contributed by atoms with van der Waals surface area (Å²) in [6.45, 7) is 1.27. The molecular formula is C14H20ClNO2. The Kier molecular flexibility index (Phi) is 5.01. The van der Waals surface area contributed by atoms with Gasteiger partial charge < -0.3 is 15.5 Å². The fraction of sp³-hybridized carbons (Fsp3) is 0.571. The third-order valence-corrected chi connectivity index (χ3v) is 3.87. The van der Waals surface area contributed by atoms with Crippen LogP contribution in [0, 0.1) is 5.92 Å². The van der Waals surface area contributed by atoms with Crippen molar-refractivity contribution < 1.29 is 10.2 Å². The molecule has 0 radical (unpaired) electrons. The van der Waals surface area contributed by atoms with E-state index >= 15 is 0 Å². The summed E-state index contributed by atoms with van der Waals surface area (Å²) in [5.74, 6) is 0.336. The molecule has 0 bridgehead atoms. The van der Waals surface area contributed by atoms with Crippen molar-refractivity contribution >= 4 is 11.6 Å². The molecule has 1 aromatic rings. The van der Waals surface area contributed by atoms with Crippen molar-refractivity contribution in [3.63, 3.8) is 0 Å². The molecule has 0 spiro atoms. The van der Waals surface area contributed by atoms with Crippen LogP contribution in [0.25, 0.3) is 0 Å². The lowest BCUT2D eigenvalue weighted by molar-refractivity contribution is 0.124. The van der Waals surface area contributed by atoms with Gasteiger partial charge in [-0.05, 0) is 36.5 Å². The summed E-state index contributed by atoms with van der Waals surface area (Å²) >= 11 is 5.80. The normalized spacial score (nSPS) is 25.3. The van der Waals surface area contributed by atoms with E-state index in [1.165, 1.54) is 0 Å². The predicted molar refractivity (Wildman–Crippen MR) is 72.6 cm³/mol. The van der Waals surface area contributed by atoms with Crippen LogP contribution in [0.5, 0.6) is 0 Å². The fourth-order valence-electron chi connectivity index (χ4n) is 2.46. The zero-order chi connectivity index (χ0) is 13.0. The van der Waals surface area contributed by atoms with E-state index in [-0.39, 0.29) is 6.10 Å². The Balaban J connectivity index is 1.74. The van der Waals surface area contributed by atoms with Crippen molar-refractivity contribution in [3.05, 3.63) is 34.9 Å². The van der Waals surface area contributed by atoms with Gasteiger partial charge in [0.1, 0.15) is 0 Å². The quantitative estimate of drug-likeness (QED) is 0.768. The highest BCUT2D eigenvalue weighted by molar-refractivity contribution is 6.30. The van der Waals surface area contributed by atoms with E-state index in [4.69, 9.17) is 11.6 Å². The summed E-state index contributed by atoms with van der Waals surface area (Å²) in [5, 5.41) is 23.6. The van der Waals surface area contributed by atoms with E-state index in [2.05, 4.69) is 5.32 Å². The molecule has 1 aromatic carbocycles. The Morgan fingerprint density at radius 2 is 2.00 bits per heavy atom. The summed E-state index contributed by atoms with van der Waals surface area (Å²) < 4.78 is 0. The van der Waals surface area contributed by atoms with Gasteiger partial charge in [0.05, 0.1) is 12.2 Å². The van der Waals surface area contributed by atoms with E-state index in [0.29, 0.717) is 17.5 Å². The first kappa shape index (κ1) is 13.8. The molecule has 0 amide bonds. The highest BCUT2D eigenvalue weighted by Gasteiger charge is 2.24. The third-order valence-electron chi connectivity index (χ3n) is 3.62. The average molecular weight is 270 g/mol. The molecule has 100 valence electrons. The molecule has 3 atom stereocenters. The molecule has 3 unspecified atom stereocenters. The molecule has 1 saturated carbocycles. The molecule has 3 nitrogen and oxygen atoms in total. The summed E-state index contributed by atoms with van der Waals surface area (Å²) in [6, 6.07) is 7.22. The maximum Gasteiger partial charge on any atom is 0.0914 e. The molecule has 4 heteroatoms. The van der Waals surface area contributed by atoms with Crippen LogP contribution in [-0.2, 0) is 0 Å². The van der Waals surface area contributed by atoms with E-state index in [1.54, 1.807) is 12.1 Å². The van der Waals surface area contributed by atoms with Gasteiger partial charge in [-0.25, -0.2) is 0 Å². The minimum Gasteiger partial charge on any atom is -0.393 e. The van der Waals surface area contributed by atoms with Crippen LogP contribution in [0.3, 0.4) is 0 Å². The SMILES string of the molecule is OC(CNCC1CCCC1O)c1ccc(Cl)cc1. The first-order chi connectivity index (χ1) is 8.66. The van der Waals surface area contributed by atoms with E-state index in [1.807, 2.05) is 12.1 Å². The molecule has 0 heterocycles. The van der Waals surface area contributed by atoms with Gasteiger partial charge in [0.2, 0.25) is 0 Å². The number of rotatable bonds is 5. The topological polar surface area (TPSA) is 52.5 Å². The average Bonchev–Trinajstić information content (AvgIpc) is 2.76. The van der Waals surface area contributed by atoms with Crippen LogP contribution in [0.1, 0.15) is 30.9 Å². The molecule has 18 heavy (non-hydrogen) atoms. The second kappa shape index (κ2) is 6.53. The van der Waals surface area contributed by atoms with E-state index in [0.717, 1.165) is 31.4 Å². The largest absolute Gasteiger partial charge is 0.393 e. The van der Waals surface area contributed by atoms with Crippen LogP contribution in [0.15, 0.2) is 24.3 Å². The second-order valence-electron chi connectivity index (χ2n) is 4.98. The van der Waals surface area contributed by atoms with Crippen LogP contribution in [0.2, 0.25) is 5.02 Å². The van der Waals surface area contributed by atoms with Gasteiger partial charge in [0.25, 0.3) is 0 Å². The Bertz CT molecular complexity index is 369. The second-order valence-corrected chi connectivity index (χ2v) is 5.42. The fourth-order valence-corrected chi connectivity index (χ4v) is 2.59. The number of aliphatic hydroxyl groups excluding tert-OH is 2. The first-order valence-electron chi connectivity index (χ1n) is 6.49. The Labute approximate surface area is 113 Å². The number of nitrogens with one attached hydrogen (secondary N) is 1. The van der Waals surface area contributed by atoms with Crippen molar-refractivity contribution in [1.29, 1.82) is 0 Å². The maximum atomic E-state index is 9.98. The van der Waals surface area contributed by atoms with Crippen LogP contribution >= 0.6 is 11.6 Å². The van der Waals surface area contributed by atoms with Crippen molar-refractivity contribution in [2.45, 2.75) is 31.5 Å². The summed E-state index contributed by atoms with van der Waals surface area (Å²) in [5.41, 5.74) is 0.860. The predicted octanol–water partition coefficient (Wildman–Crippen LogP) is 2.12. The lowest BCUT2D eigenvalue weighted by Gasteiger charge is -2.17. The molecule has 3 N–H and O–H groups in total. The standard InChI is InChI=1S/C14H20ClNO2/c15-12-6-4-10(5-7-12)14(18)9-16-8-11-2-1-3-13(11)17/h4-7,11,13-14,16-18H,1-3,8-9H2. The third kappa shape index (κ3) is 3.69. The van der Waals surface area contributed by atoms with Gasteiger partial charge in [-0.1, -0.05) is 30.2 Å². The molecule has 0 aromatic heterocycles. The Morgan fingerprint density at radius 1 is 1.28 bits per heavy atom. The molecule has 0 saturated heterocycles. The highest BCUT2D eigenvalue weighted by Crippen LogP contribution is 2.24. The number of hydrogen-bond acceptors (Lipinski definition) is 3. The van der Waals surface area contributed by atoms with Crippen LogP contribution in [0.4, 0.5) is 0 Å². The van der Waals surface area contributed by atoms with Gasteiger partial charge >= 0.3 is 0 Å². The first-order valence-corrected chi connectivity index (χ1v) is 6.87. The zero-order valence-electron chi connectivity index (χ0n) is 10.3. The van der Waals surface area contributed by atoms with Crippen molar-refractivity contribution in [3.8, 4) is 0 Å². The maximum absolute atomic E-state index is 9.98. The summed E-state index contributed by atoms with van der Waals surface area (Å²) in [6.07, 6.45) is 2.39. The minimum atomic E-state index is -0.527. The molecule has 1 aliphatic rings. The smallest absolute Gasteiger partial charge is 0.0914 e. The van der Waals surface area contributed by atoms with Crippen LogP contribution in [-0.4, -0.2) is 29.4 Å². The molecule has 1 aliphatic carbocycles. The Hall–Kier alpha value is -0.610. The van der Waals surface area contributed by atoms with Gasteiger partial charge in [0, 0.05) is 18.1 Å². The summed E-state index contributed by atoms with van der Waals surface area (Å²) in [7, 11) is 0. The van der Waals surface area contributed by atoms with Crippen molar-refractivity contribution in [1.82, 2.24) is 5.32 Å².